The second-order valence-electron chi connectivity index (χ2n) is 6.38. The molecule has 2 aliphatic heterocycles. The van der Waals surface area contributed by atoms with Crippen LogP contribution in [0.4, 0.5) is 0 Å². The molecule has 1 aliphatic carbocycles. The first-order valence-electron chi connectivity index (χ1n) is 7.32. The van der Waals surface area contributed by atoms with E-state index in [1.54, 1.807) is 0 Å². The molecule has 18 heavy (non-hydrogen) atoms. The zero-order valence-electron chi connectivity index (χ0n) is 11.4. The summed E-state index contributed by atoms with van der Waals surface area (Å²) in [5.74, 6) is -0.773. The molecule has 1 N–H and O–H groups in total. The van der Waals surface area contributed by atoms with Crippen LogP contribution in [-0.4, -0.2) is 58.1 Å². The third-order valence-electron chi connectivity index (χ3n) is 5.21. The largest absolute Gasteiger partial charge is 0.481 e. The van der Waals surface area contributed by atoms with E-state index in [-0.39, 0.29) is 12.0 Å². The van der Waals surface area contributed by atoms with Gasteiger partial charge < -0.3 is 5.11 Å². The van der Waals surface area contributed by atoms with Crippen LogP contribution in [0.1, 0.15) is 39.5 Å². The van der Waals surface area contributed by atoms with Gasteiger partial charge in [0.2, 0.25) is 0 Å². The van der Waals surface area contributed by atoms with Gasteiger partial charge in [-0.1, -0.05) is 0 Å². The van der Waals surface area contributed by atoms with E-state index in [4.69, 9.17) is 0 Å². The van der Waals surface area contributed by atoms with Crippen molar-refractivity contribution in [3.8, 4) is 0 Å². The maximum absolute atomic E-state index is 11.2. The summed E-state index contributed by atoms with van der Waals surface area (Å²) in [4.78, 5) is 16.3. The van der Waals surface area contributed by atoms with E-state index in [9.17, 15) is 9.90 Å². The Morgan fingerprint density at radius 3 is 2.39 bits per heavy atom. The SMILES string of the molecule is CC1CC(N2CCC(C(=O)O)C2C)CN1C1CC1. The lowest BCUT2D eigenvalue weighted by atomic mass is 10.0. The highest BCUT2D eigenvalue weighted by Gasteiger charge is 2.45. The quantitative estimate of drug-likeness (QED) is 0.825. The van der Waals surface area contributed by atoms with Gasteiger partial charge in [0.15, 0.2) is 0 Å². The van der Waals surface area contributed by atoms with Crippen molar-refractivity contribution in [3.63, 3.8) is 0 Å². The molecule has 2 heterocycles. The second kappa shape index (κ2) is 4.49. The first-order valence-corrected chi connectivity index (χ1v) is 7.32. The van der Waals surface area contributed by atoms with Crippen LogP contribution in [0.15, 0.2) is 0 Å². The van der Waals surface area contributed by atoms with Crippen molar-refractivity contribution in [1.29, 1.82) is 0 Å². The second-order valence-corrected chi connectivity index (χ2v) is 6.38. The van der Waals surface area contributed by atoms with Gasteiger partial charge in [-0.3, -0.25) is 14.6 Å². The Morgan fingerprint density at radius 2 is 1.83 bits per heavy atom. The predicted octanol–water partition coefficient (Wildman–Crippen LogP) is 1.41. The normalized spacial score (nSPS) is 42.6. The zero-order chi connectivity index (χ0) is 12.9. The van der Waals surface area contributed by atoms with E-state index in [0.717, 1.165) is 25.6 Å². The number of carboxylic acids is 1. The predicted molar refractivity (Wildman–Crippen MR) is 69.5 cm³/mol. The van der Waals surface area contributed by atoms with E-state index in [2.05, 4.69) is 23.6 Å². The van der Waals surface area contributed by atoms with Crippen molar-refractivity contribution in [2.75, 3.05) is 13.1 Å². The standard InChI is InChI=1S/C14H24N2O2/c1-9-7-12(8-16(9)11-3-4-11)15-6-5-13(10(15)2)14(17)18/h9-13H,3-8H2,1-2H3,(H,17,18). The average molecular weight is 252 g/mol. The fourth-order valence-corrected chi connectivity index (χ4v) is 3.99. The summed E-state index contributed by atoms with van der Waals surface area (Å²) in [6.45, 7) is 6.54. The van der Waals surface area contributed by atoms with Gasteiger partial charge in [-0.25, -0.2) is 0 Å². The summed E-state index contributed by atoms with van der Waals surface area (Å²) >= 11 is 0. The van der Waals surface area contributed by atoms with Gasteiger partial charge in [0, 0.05) is 30.7 Å². The number of aliphatic carboxylic acids is 1. The van der Waals surface area contributed by atoms with Gasteiger partial charge in [-0.15, -0.1) is 0 Å². The van der Waals surface area contributed by atoms with Gasteiger partial charge >= 0.3 is 5.97 Å². The van der Waals surface area contributed by atoms with Crippen molar-refractivity contribution in [2.24, 2.45) is 5.92 Å². The van der Waals surface area contributed by atoms with Gasteiger partial charge in [-0.2, -0.15) is 0 Å². The van der Waals surface area contributed by atoms with E-state index < -0.39 is 5.97 Å². The third-order valence-corrected chi connectivity index (χ3v) is 5.21. The Labute approximate surface area is 109 Å². The molecule has 0 spiro atoms. The highest BCUT2D eigenvalue weighted by molar-refractivity contribution is 5.71. The van der Waals surface area contributed by atoms with E-state index in [1.807, 2.05) is 0 Å². The molecule has 4 atom stereocenters. The number of likely N-dealkylation sites (tertiary alicyclic amines) is 2. The average Bonchev–Trinajstić information content (AvgIpc) is 2.97. The maximum Gasteiger partial charge on any atom is 0.308 e. The Balaban J connectivity index is 1.64. The van der Waals surface area contributed by atoms with Gasteiger partial charge in [0.05, 0.1) is 5.92 Å². The molecule has 4 heteroatoms. The molecular weight excluding hydrogens is 228 g/mol. The molecule has 0 bridgehead atoms. The molecule has 2 saturated heterocycles. The molecular formula is C14H24N2O2. The first kappa shape index (κ1) is 12.4. The molecule has 0 aromatic heterocycles. The molecule has 0 aromatic rings. The lowest BCUT2D eigenvalue weighted by Crippen LogP contribution is -2.42. The first-order chi connectivity index (χ1) is 8.58. The lowest BCUT2D eigenvalue weighted by Gasteiger charge is -2.29. The Hall–Kier alpha value is -0.610. The minimum absolute atomic E-state index is 0.157. The number of hydrogen-bond acceptors (Lipinski definition) is 3. The van der Waals surface area contributed by atoms with Crippen LogP contribution < -0.4 is 0 Å². The van der Waals surface area contributed by atoms with Crippen LogP contribution in [0.5, 0.6) is 0 Å². The number of rotatable bonds is 3. The summed E-state index contributed by atoms with van der Waals surface area (Å²) in [5.41, 5.74) is 0. The molecule has 3 fully saturated rings. The van der Waals surface area contributed by atoms with Crippen LogP contribution in [0.3, 0.4) is 0 Å². The van der Waals surface area contributed by atoms with Crippen molar-refractivity contribution in [1.82, 2.24) is 9.80 Å². The lowest BCUT2D eigenvalue weighted by molar-refractivity contribution is -0.142. The topological polar surface area (TPSA) is 43.8 Å². The minimum Gasteiger partial charge on any atom is -0.481 e. The summed E-state index contributed by atoms with van der Waals surface area (Å²) < 4.78 is 0. The van der Waals surface area contributed by atoms with Gasteiger partial charge in [0.25, 0.3) is 0 Å². The summed E-state index contributed by atoms with van der Waals surface area (Å²) in [6, 6.07) is 2.30. The van der Waals surface area contributed by atoms with Crippen LogP contribution >= 0.6 is 0 Å². The monoisotopic (exact) mass is 252 g/mol. The maximum atomic E-state index is 11.2. The van der Waals surface area contributed by atoms with Crippen LogP contribution in [0.2, 0.25) is 0 Å². The smallest absolute Gasteiger partial charge is 0.308 e. The summed E-state index contributed by atoms with van der Waals surface area (Å²) in [5, 5.41) is 9.21. The van der Waals surface area contributed by atoms with E-state index >= 15 is 0 Å². The fourth-order valence-electron chi connectivity index (χ4n) is 3.99. The number of carboxylic acid groups (broad SMARTS) is 1. The van der Waals surface area contributed by atoms with Crippen LogP contribution in [0, 0.1) is 5.92 Å². The Kier molecular flexibility index (Phi) is 3.10. The molecule has 1 saturated carbocycles. The highest BCUT2D eigenvalue weighted by Crippen LogP contribution is 2.37. The van der Waals surface area contributed by atoms with Crippen molar-refractivity contribution < 1.29 is 9.90 Å². The number of nitrogens with zero attached hydrogens (tertiary/aromatic N) is 2. The van der Waals surface area contributed by atoms with Gasteiger partial charge in [0.1, 0.15) is 0 Å². The fraction of sp³-hybridized carbons (Fsp3) is 0.929. The molecule has 0 radical (unpaired) electrons. The van der Waals surface area contributed by atoms with E-state index in [0.29, 0.717) is 12.1 Å². The summed E-state index contributed by atoms with van der Waals surface area (Å²) in [7, 11) is 0. The molecule has 3 rings (SSSR count). The Bertz CT molecular complexity index is 343. The molecule has 0 aromatic carbocycles. The molecule has 102 valence electrons. The zero-order valence-corrected chi connectivity index (χ0v) is 11.4. The highest BCUT2D eigenvalue weighted by atomic mass is 16.4. The number of carbonyl (C=O) groups is 1. The number of hydrogen-bond donors (Lipinski definition) is 1. The summed E-state index contributed by atoms with van der Waals surface area (Å²) in [6.07, 6.45) is 4.77. The van der Waals surface area contributed by atoms with Crippen LogP contribution in [-0.2, 0) is 4.79 Å². The third kappa shape index (κ3) is 2.05. The molecule has 0 amide bonds. The van der Waals surface area contributed by atoms with Crippen LogP contribution in [0.25, 0.3) is 0 Å². The minimum atomic E-state index is -0.616. The Morgan fingerprint density at radius 1 is 1.11 bits per heavy atom. The molecule has 3 aliphatic rings. The molecule has 4 unspecified atom stereocenters. The van der Waals surface area contributed by atoms with Crippen molar-refractivity contribution in [3.05, 3.63) is 0 Å². The van der Waals surface area contributed by atoms with Crippen molar-refractivity contribution in [2.45, 2.75) is 63.7 Å². The van der Waals surface area contributed by atoms with Crippen molar-refractivity contribution >= 4 is 5.97 Å². The molecule has 4 nitrogen and oxygen atoms in total. The van der Waals surface area contributed by atoms with Gasteiger partial charge in [-0.05, 0) is 46.1 Å². The van der Waals surface area contributed by atoms with E-state index in [1.165, 1.54) is 19.3 Å².